The Hall–Kier alpha value is -3.00. The molecule has 590 valence electrons. The second-order valence-corrected chi connectivity index (χ2v) is 31.9. The number of hydrogen-bond donors (Lipinski definition) is 11. The van der Waals surface area contributed by atoms with E-state index in [1.807, 2.05) is 13.8 Å². The van der Waals surface area contributed by atoms with Crippen molar-refractivity contribution in [3.63, 3.8) is 0 Å². The summed E-state index contributed by atoms with van der Waals surface area (Å²) in [6.07, 6.45) is -11.6. The van der Waals surface area contributed by atoms with Crippen LogP contribution in [0.15, 0.2) is 0 Å². The number of nitrogens with zero attached hydrogens (tertiary/aromatic N) is 3. The van der Waals surface area contributed by atoms with E-state index in [-0.39, 0.29) is 171 Å². The Kier molecular flexibility index (Phi) is 37.3. The summed E-state index contributed by atoms with van der Waals surface area (Å²) in [5.74, 6) is -2.96. The van der Waals surface area contributed by atoms with Gasteiger partial charge in [-0.25, -0.2) is 4.57 Å². The number of ether oxygens (including phenoxy) is 7. The fraction of sp³-hybridized carbons (Fsp3) is 0.910. The number of likely N-dealkylation sites (tertiary alicyclic amines) is 3. The van der Waals surface area contributed by atoms with Crippen LogP contribution in [0.2, 0.25) is 0 Å². The van der Waals surface area contributed by atoms with E-state index in [9.17, 15) is 93.9 Å². The SMILES string of the molecule is CC(C)OC[C@@H]1C[C@@H](OP(C)(=O)OC[C@@H]2C[C@@H](OP(=O)(O)OC[C@@H]3C[C@@H](O)CN3C(=O)CCCCC(=O)CCCO[C@@H]3OC(CO)[C@H](O)[C@H](O)C3C)CN2C(=O)CCCCC(=O)CCCO[C@@H]2OC(CO)[C@H](O)[C@H](O)C2C)CN1C(=O)CCCCC(=O)CCCO[C@@H]1OC(CO)C(O)[C@H](O)C1C. The van der Waals surface area contributed by atoms with Crippen LogP contribution in [0, 0.1) is 17.8 Å². The summed E-state index contributed by atoms with van der Waals surface area (Å²) < 4.78 is 91.1. The molecule has 0 aliphatic carbocycles. The molecule has 102 heavy (non-hydrogen) atoms. The van der Waals surface area contributed by atoms with Gasteiger partial charge in [-0.15, -0.1) is 0 Å². The van der Waals surface area contributed by atoms with Gasteiger partial charge in [-0.2, -0.15) is 0 Å². The summed E-state index contributed by atoms with van der Waals surface area (Å²) in [5.41, 5.74) is 0. The molecule has 0 saturated carbocycles. The van der Waals surface area contributed by atoms with Gasteiger partial charge in [-0.3, -0.25) is 42.4 Å². The molecule has 6 aliphatic rings. The Bertz CT molecular complexity index is 2680. The number of aliphatic hydroxyl groups excluding tert-OH is 10. The predicted octanol–water partition coefficient (Wildman–Crippen LogP) is 1.31. The van der Waals surface area contributed by atoms with Crippen LogP contribution in [0.4, 0.5) is 0 Å². The van der Waals surface area contributed by atoms with Gasteiger partial charge in [0.2, 0.25) is 17.7 Å². The minimum absolute atomic E-state index is 0.0131. The van der Waals surface area contributed by atoms with E-state index in [0.29, 0.717) is 51.4 Å². The van der Waals surface area contributed by atoms with E-state index < -0.39 is 176 Å². The molecular formula is C67H117N3O30P2. The maximum absolute atomic E-state index is 14.3. The minimum atomic E-state index is -4.96. The third kappa shape index (κ3) is 27.6. The van der Waals surface area contributed by atoms with Crippen molar-refractivity contribution in [2.45, 2.75) is 286 Å². The highest BCUT2D eigenvalue weighted by Crippen LogP contribution is 2.50. The molecule has 6 aliphatic heterocycles. The number of carbonyl (C=O) groups excluding carboxylic acids is 6. The molecule has 0 bridgehead atoms. The van der Waals surface area contributed by atoms with Gasteiger partial charge in [-0.1, -0.05) is 20.8 Å². The molecule has 33 nitrogen and oxygen atoms in total. The summed E-state index contributed by atoms with van der Waals surface area (Å²) in [6.45, 7) is 7.75. The molecule has 6 heterocycles. The monoisotopic (exact) mass is 1510 g/mol. The molecule has 0 spiro atoms. The Morgan fingerprint density at radius 3 is 1.14 bits per heavy atom. The van der Waals surface area contributed by atoms with E-state index >= 15 is 0 Å². The van der Waals surface area contributed by atoms with Crippen LogP contribution >= 0.6 is 15.4 Å². The number of phosphoric acid groups is 1. The number of hydrogen-bond acceptors (Lipinski definition) is 29. The van der Waals surface area contributed by atoms with Crippen molar-refractivity contribution in [2.75, 3.05) is 85.8 Å². The number of rotatable bonds is 46. The van der Waals surface area contributed by atoms with Crippen molar-refractivity contribution in [3.8, 4) is 0 Å². The van der Waals surface area contributed by atoms with Gasteiger partial charge >= 0.3 is 15.4 Å². The molecule has 6 fully saturated rings. The second kappa shape index (κ2) is 43.3. The van der Waals surface area contributed by atoms with Gasteiger partial charge in [0, 0.05) is 102 Å². The molecule has 3 amide bonds. The van der Waals surface area contributed by atoms with Crippen molar-refractivity contribution in [3.05, 3.63) is 0 Å². The van der Waals surface area contributed by atoms with Gasteiger partial charge < -0.3 is 113 Å². The van der Waals surface area contributed by atoms with E-state index in [1.54, 1.807) is 25.7 Å². The Balaban J connectivity index is 0.975. The molecule has 11 N–H and O–H groups in total. The zero-order valence-electron chi connectivity index (χ0n) is 59.9. The van der Waals surface area contributed by atoms with E-state index in [4.69, 9.17) is 51.3 Å². The smallest absolute Gasteiger partial charge is 0.394 e. The minimum Gasteiger partial charge on any atom is -0.394 e. The fourth-order valence-corrected chi connectivity index (χ4v) is 15.8. The van der Waals surface area contributed by atoms with Crippen molar-refractivity contribution in [1.29, 1.82) is 0 Å². The molecule has 6 saturated heterocycles. The first kappa shape index (κ1) is 87.9. The molecule has 9 unspecified atom stereocenters. The van der Waals surface area contributed by atoms with Gasteiger partial charge in [-0.05, 0) is 90.9 Å². The lowest BCUT2D eigenvalue weighted by atomic mass is 9.92. The lowest BCUT2D eigenvalue weighted by Gasteiger charge is -2.40. The molecule has 0 aromatic heterocycles. The quantitative estimate of drug-likeness (QED) is 0.0302. The molecule has 35 heteroatoms. The Labute approximate surface area is 597 Å². The first-order chi connectivity index (χ1) is 48.3. The third-order valence-electron chi connectivity index (χ3n) is 19.8. The predicted molar refractivity (Wildman–Crippen MR) is 359 cm³/mol. The number of carbonyl (C=O) groups is 6. The van der Waals surface area contributed by atoms with Crippen LogP contribution in [-0.2, 0) is 89.2 Å². The molecule has 0 radical (unpaired) electrons. The molecule has 0 aromatic rings. The number of unbranched alkanes of at least 4 members (excludes halogenated alkanes) is 3. The van der Waals surface area contributed by atoms with Crippen LogP contribution in [0.25, 0.3) is 0 Å². The normalized spacial score (nSPS) is 33.4. The summed E-state index contributed by atoms with van der Waals surface area (Å²) >= 11 is 0. The van der Waals surface area contributed by atoms with Crippen molar-refractivity contribution in [2.24, 2.45) is 17.8 Å². The average molecular weight is 1510 g/mol. The van der Waals surface area contributed by atoms with Gasteiger partial charge in [0.25, 0.3) is 0 Å². The molecule has 0 aromatic carbocycles. The van der Waals surface area contributed by atoms with Crippen LogP contribution in [-0.4, -0.2) is 308 Å². The zero-order valence-corrected chi connectivity index (χ0v) is 61.7. The van der Waals surface area contributed by atoms with E-state index in [1.165, 1.54) is 16.5 Å². The molecule has 23 atom stereocenters. The zero-order chi connectivity index (χ0) is 75.0. The number of aliphatic hydroxyl groups is 10. The fourth-order valence-electron chi connectivity index (χ4n) is 13.6. The largest absolute Gasteiger partial charge is 0.472 e. The lowest BCUT2D eigenvalue weighted by Crippen LogP contribution is -2.55. The second-order valence-electron chi connectivity index (χ2n) is 28.5. The number of phosphoric ester groups is 1. The number of Topliss-reactive ketones (excluding diaryl/α,β-unsaturated/α-hetero) is 3. The van der Waals surface area contributed by atoms with Crippen LogP contribution in [0.3, 0.4) is 0 Å². The summed E-state index contributed by atoms with van der Waals surface area (Å²) in [4.78, 5) is 95.3. The van der Waals surface area contributed by atoms with Crippen molar-refractivity contribution < 1.29 is 145 Å². The van der Waals surface area contributed by atoms with Crippen LogP contribution in [0.1, 0.15) is 169 Å². The highest BCUT2D eigenvalue weighted by atomic mass is 31.2. The standard InChI is InChI=1S/C67H117N3O30P2/c1-40(2)93-37-45-29-51(32-69(45)57(79)23-11-8-17-48(75)20-14-26-91-66-42(4)60(82)63(85)54(35-72)97-66)99-101(6,87)94-38-46-30-52(33-70(46)58(80)24-12-9-18-49(76)21-15-27-92-67-43(5)61(83)64(86)55(36-73)98-67)100-102(88,89)95-39-44-28-50(77)31-68(44)56(78)22-10-7-16-47(74)19-13-25-90-65-41(3)59(81)62(84)53(34-71)96-65/h40-46,50-55,59-67,71-73,77,81-86H,7-39H2,1-6H3,(H,88,89)/t41?,42?,43?,44-,45-,46-,50+,51+,52+,53?,54?,55?,59+,60+,61+,62-,63?,64-,65+,66+,67+,101?/m0/s1. The Morgan fingerprint density at radius 2 is 0.765 bits per heavy atom. The lowest BCUT2D eigenvalue weighted by molar-refractivity contribution is -0.282. The van der Waals surface area contributed by atoms with Gasteiger partial charge in [0.15, 0.2) is 18.9 Å². The maximum Gasteiger partial charge on any atom is 0.472 e. The van der Waals surface area contributed by atoms with Crippen molar-refractivity contribution >= 4 is 50.5 Å². The number of amides is 3. The topological polar surface area (TPSA) is 470 Å². The van der Waals surface area contributed by atoms with E-state index in [2.05, 4.69) is 0 Å². The van der Waals surface area contributed by atoms with Crippen molar-refractivity contribution in [1.82, 2.24) is 14.7 Å². The van der Waals surface area contributed by atoms with Gasteiger partial charge in [0.05, 0.1) is 120 Å². The average Bonchev–Trinajstić information content (AvgIpc) is 1.25. The summed E-state index contributed by atoms with van der Waals surface area (Å²) in [6, 6.07) is -2.15. The Morgan fingerprint density at radius 1 is 0.441 bits per heavy atom. The first-order valence-electron chi connectivity index (χ1n) is 36.4. The summed E-state index contributed by atoms with van der Waals surface area (Å²) in [7, 11) is -8.95. The summed E-state index contributed by atoms with van der Waals surface area (Å²) in [5, 5.41) is 100. The van der Waals surface area contributed by atoms with E-state index in [0.717, 1.165) is 0 Å². The van der Waals surface area contributed by atoms with Crippen LogP contribution in [0.5, 0.6) is 0 Å². The number of β-amino-alcohol motifs (C(OH)–C–C–N with tert-alkyl or cyclic N) is 1. The third-order valence-corrected chi connectivity index (χ3v) is 22.1. The maximum atomic E-state index is 14.3. The number of ketones is 3. The highest BCUT2D eigenvalue weighted by Gasteiger charge is 2.47. The molecular weight excluding hydrogens is 1390 g/mol. The highest BCUT2D eigenvalue weighted by molar-refractivity contribution is 7.53. The first-order valence-corrected chi connectivity index (χ1v) is 39.9. The van der Waals surface area contributed by atoms with Gasteiger partial charge in [0.1, 0.15) is 54.0 Å². The van der Waals surface area contributed by atoms with Crippen LogP contribution < -0.4 is 0 Å². The molecule has 6 rings (SSSR count).